The predicted octanol–water partition coefficient (Wildman–Crippen LogP) is 2.83. The molecule has 1 aromatic rings. The largest absolute Gasteiger partial charge is 0.481 e. The van der Waals surface area contributed by atoms with Gasteiger partial charge in [0.2, 0.25) is 0 Å². The van der Waals surface area contributed by atoms with Crippen LogP contribution in [0.15, 0.2) is 24.3 Å². The van der Waals surface area contributed by atoms with Crippen molar-refractivity contribution >= 4 is 5.91 Å². The van der Waals surface area contributed by atoms with Crippen LogP contribution < -0.4 is 10.5 Å². The van der Waals surface area contributed by atoms with Crippen molar-refractivity contribution in [1.29, 1.82) is 0 Å². The molecule has 1 saturated heterocycles. The molecule has 0 radical (unpaired) electrons. The lowest BCUT2D eigenvalue weighted by Crippen LogP contribution is -2.59. The summed E-state index contributed by atoms with van der Waals surface area (Å²) >= 11 is 0. The second-order valence-corrected chi connectivity index (χ2v) is 8.01. The Labute approximate surface area is 155 Å². The van der Waals surface area contributed by atoms with Crippen molar-refractivity contribution in [2.75, 3.05) is 13.2 Å². The highest BCUT2D eigenvalue weighted by Gasteiger charge is 2.37. The highest BCUT2D eigenvalue weighted by molar-refractivity contribution is 5.81. The summed E-state index contributed by atoms with van der Waals surface area (Å²) in [4.78, 5) is 15.0. The van der Waals surface area contributed by atoms with Gasteiger partial charge in [0, 0.05) is 12.6 Å². The second-order valence-electron chi connectivity index (χ2n) is 8.01. The summed E-state index contributed by atoms with van der Waals surface area (Å²) in [7, 11) is 0. The SMILES string of the molecule is CC1Oc2ccccc2[C@H]2CC[C@H](CC2)OCC2C(N)CCCN2C1=O. The fourth-order valence-corrected chi connectivity index (χ4v) is 4.75. The number of para-hydroxylation sites is 1. The van der Waals surface area contributed by atoms with Crippen molar-refractivity contribution in [1.82, 2.24) is 4.90 Å². The van der Waals surface area contributed by atoms with Crippen molar-refractivity contribution in [2.45, 2.75) is 75.7 Å². The molecule has 1 aliphatic carbocycles. The molecular formula is C21H30N2O3. The normalized spacial score (nSPS) is 35.4. The number of carbonyl (C=O) groups excluding carboxylic acids is 1. The number of benzene rings is 1. The molecule has 1 aromatic carbocycles. The topological polar surface area (TPSA) is 64.8 Å². The zero-order valence-electron chi connectivity index (χ0n) is 15.6. The number of carbonyl (C=O) groups is 1. The molecule has 3 unspecified atom stereocenters. The van der Waals surface area contributed by atoms with Gasteiger partial charge in [-0.1, -0.05) is 18.2 Å². The fourth-order valence-electron chi connectivity index (χ4n) is 4.75. The Morgan fingerprint density at radius 3 is 2.69 bits per heavy atom. The summed E-state index contributed by atoms with van der Waals surface area (Å²) < 4.78 is 12.4. The molecule has 1 saturated carbocycles. The summed E-state index contributed by atoms with van der Waals surface area (Å²) in [5.41, 5.74) is 7.60. The first-order chi connectivity index (χ1) is 12.6. The van der Waals surface area contributed by atoms with E-state index in [2.05, 4.69) is 12.1 Å². The molecule has 2 N–H and O–H groups in total. The molecule has 5 rings (SSSR count). The van der Waals surface area contributed by atoms with Crippen LogP contribution in [0.4, 0.5) is 0 Å². The van der Waals surface area contributed by atoms with E-state index in [9.17, 15) is 4.79 Å². The van der Waals surface area contributed by atoms with E-state index in [0.29, 0.717) is 12.5 Å². The van der Waals surface area contributed by atoms with Crippen LogP contribution in [0.5, 0.6) is 5.75 Å². The first kappa shape index (κ1) is 17.8. The van der Waals surface area contributed by atoms with Crippen molar-refractivity contribution in [3.05, 3.63) is 29.8 Å². The van der Waals surface area contributed by atoms with E-state index < -0.39 is 6.10 Å². The van der Waals surface area contributed by atoms with Crippen LogP contribution in [0.2, 0.25) is 0 Å². The number of nitrogens with two attached hydrogens (primary N) is 1. The summed E-state index contributed by atoms with van der Waals surface area (Å²) in [6, 6.07) is 8.14. The molecule has 0 aromatic heterocycles. The number of rotatable bonds is 0. The van der Waals surface area contributed by atoms with Gasteiger partial charge in [0.25, 0.3) is 5.91 Å². The summed E-state index contributed by atoms with van der Waals surface area (Å²) in [6.45, 7) is 3.14. The van der Waals surface area contributed by atoms with Gasteiger partial charge in [0.05, 0.1) is 18.8 Å². The number of amides is 1. The third-order valence-corrected chi connectivity index (χ3v) is 6.30. The third kappa shape index (κ3) is 3.47. The quantitative estimate of drug-likeness (QED) is 0.774. The molecule has 2 fully saturated rings. The lowest BCUT2D eigenvalue weighted by atomic mass is 9.82. The van der Waals surface area contributed by atoms with Crippen molar-refractivity contribution in [2.24, 2.45) is 5.73 Å². The minimum absolute atomic E-state index is 0.0198. The van der Waals surface area contributed by atoms with E-state index in [0.717, 1.165) is 50.8 Å². The number of hydrogen-bond donors (Lipinski definition) is 1. The molecule has 3 atom stereocenters. The maximum atomic E-state index is 13.1. The van der Waals surface area contributed by atoms with Crippen LogP contribution >= 0.6 is 0 Å². The van der Waals surface area contributed by atoms with Gasteiger partial charge in [-0.05, 0) is 63.0 Å². The molecule has 5 heteroatoms. The zero-order chi connectivity index (χ0) is 18.1. The van der Waals surface area contributed by atoms with Crippen molar-refractivity contribution in [3.63, 3.8) is 0 Å². The van der Waals surface area contributed by atoms with Gasteiger partial charge in [0.1, 0.15) is 5.75 Å². The fraction of sp³-hybridized carbons (Fsp3) is 0.667. The second kappa shape index (κ2) is 7.57. The molecule has 3 heterocycles. The first-order valence-corrected chi connectivity index (χ1v) is 10.1. The summed E-state index contributed by atoms with van der Waals surface area (Å²) in [5.74, 6) is 1.36. The molecular weight excluding hydrogens is 328 g/mol. The highest BCUT2D eigenvalue weighted by Crippen LogP contribution is 2.39. The Morgan fingerprint density at radius 2 is 1.88 bits per heavy atom. The Balaban J connectivity index is 1.66. The first-order valence-electron chi connectivity index (χ1n) is 10.1. The van der Waals surface area contributed by atoms with Crippen LogP contribution in [-0.2, 0) is 9.53 Å². The van der Waals surface area contributed by atoms with E-state index in [1.54, 1.807) is 0 Å². The molecule has 3 aliphatic heterocycles. The van der Waals surface area contributed by atoms with E-state index in [1.165, 1.54) is 5.56 Å². The molecule has 1 amide bonds. The monoisotopic (exact) mass is 358 g/mol. The average Bonchev–Trinajstić information content (AvgIpc) is 2.67. The number of hydrogen-bond acceptors (Lipinski definition) is 4. The Morgan fingerprint density at radius 1 is 1.12 bits per heavy atom. The number of piperidine rings is 1. The predicted molar refractivity (Wildman–Crippen MR) is 100 cm³/mol. The Bertz CT molecular complexity index is 642. The number of nitrogens with zero attached hydrogens (tertiary/aromatic N) is 1. The molecule has 5 nitrogen and oxygen atoms in total. The van der Waals surface area contributed by atoms with Gasteiger partial charge in [-0.3, -0.25) is 4.79 Å². The third-order valence-electron chi connectivity index (χ3n) is 6.30. The van der Waals surface area contributed by atoms with Crippen molar-refractivity contribution < 1.29 is 14.3 Å². The number of ether oxygens (including phenoxy) is 2. The lowest BCUT2D eigenvalue weighted by molar-refractivity contribution is -0.145. The van der Waals surface area contributed by atoms with Crippen molar-refractivity contribution in [3.8, 4) is 5.75 Å². The van der Waals surface area contributed by atoms with Gasteiger partial charge in [-0.25, -0.2) is 0 Å². The zero-order valence-corrected chi connectivity index (χ0v) is 15.6. The van der Waals surface area contributed by atoms with Crippen LogP contribution in [-0.4, -0.2) is 48.3 Å². The standard InChI is InChI=1S/C21H30N2O3/c1-14-21(24)23-12-4-6-18(22)19(23)13-25-16-10-8-15(9-11-16)17-5-2-3-7-20(17)26-14/h2-3,5,7,14-16,18-19H,4,6,8-13,22H2,1H3/t14?,15-,16+,18?,19?. The van der Waals surface area contributed by atoms with Gasteiger partial charge in [0.15, 0.2) is 6.10 Å². The van der Waals surface area contributed by atoms with Crippen LogP contribution in [0.3, 0.4) is 0 Å². The van der Waals surface area contributed by atoms with E-state index in [-0.39, 0.29) is 24.1 Å². The molecule has 4 aliphatic rings. The van der Waals surface area contributed by atoms with Gasteiger partial charge >= 0.3 is 0 Å². The lowest BCUT2D eigenvalue weighted by Gasteiger charge is -2.41. The summed E-state index contributed by atoms with van der Waals surface area (Å²) in [5, 5.41) is 0. The minimum atomic E-state index is -0.512. The van der Waals surface area contributed by atoms with E-state index >= 15 is 0 Å². The average molecular weight is 358 g/mol. The van der Waals surface area contributed by atoms with Crippen LogP contribution in [0.1, 0.15) is 56.9 Å². The number of fused-ring (bicyclic) bond motifs is 5. The van der Waals surface area contributed by atoms with Gasteiger partial charge in [-0.15, -0.1) is 0 Å². The van der Waals surface area contributed by atoms with E-state index in [4.69, 9.17) is 15.2 Å². The van der Waals surface area contributed by atoms with Gasteiger partial charge < -0.3 is 20.1 Å². The molecule has 142 valence electrons. The molecule has 2 bridgehead atoms. The van der Waals surface area contributed by atoms with E-state index in [1.807, 2.05) is 24.0 Å². The minimum Gasteiger partial charge on any atom is -0.481 e. The maximum absolute atomic E-state index is 13.1. The van der Waals surface area contributed by atoms with Crippen LogP contribution in [0, 0.1) is 0 Å². The van der Waals surface area contributed by atoms with Gasteiger partial charge in [-0.2, -0.15) is 0 Å². The summed E-state index contributed by atoms with van der Waals surface area (Å²) in [6.07, 6.45) is 5.99. The Kier molecular flexibility index (Phi) is 5.18. The molecule has 26 heavy (non-hydrogen) atoms. The highest BCUT2D eigenvalue weighted by atomic mass is 16.5. The smallest absolute Gasteiger partial charge is 0.263 e. The maximum Gasteiger partial charge on any atom is 0.263 e. The Hall–Kier alpha value is -1.59. The van der Waals surface area contributed by atoms with Crippen LogP contribution in [0.25, 0.3) is 0 Å². The molecule has 0 spiro atoms.